The molecule has 1 aliphatic carbocycles. The van der Waals surface area contributed by atoms with E-state index in [-0.39, 0.29) is 11.1 Å². The maximum atomic E-state index is 12.7. The number of aromatic nitrogens is 3. The number of anilines is 1. The molecule has 1 saturated carbocycles. The Labute approximate surface area is 175 Å². The summed E-state index contributed by atoms with van der Waals surface area (Å²) in [5.41, 5.74) is 3.02. The molecule has 156 valence electrons. The molecule has 2 fully saturated rings. The Morgan fingerprint density at radius 3 is 2.60 bits per heavy atom. The van der Waals surface area contributed by atoms with Crippen molar-refractivity contribution in [2.24, 2.45) is 13.0 Å². The van der Waals surface area contributed by atoms with E-state index in [4.69, 9.17) is 0 Å². The van der Waals surface area contributed by atoms with Crippen molar-refractivity contribution in [1.29, 1.82) is 0 Å². The molecule has 3 heterocycles. The first-order chi connectivity index (χ1) is 14.6. The van der Waals surface area contributed by atoms with Crippen LogP contribution >= 0.6 is 0 Å². The smallest absolute Gasteiger partial charge is 0.261 e. The van der Waals surface area contributed by atoms with Gasteiger partial charge in [0.15, 0.2) is 0 Å². The number of hydrogen-bond donors (Lipinski definition) is 0. The highest BCUT2D eigenvalue weighted by molar-refractivity contribution is 5.81. The van der Waals surface area contributed by atoms with Crippen molar-refractivity contribution in [3.8, 4) is 0 Å². The molecule has 2 aromatic heterocycles. The standard InChI is InChI=1S/C23H27N5O2/c1-25-19(3-2-4-22(25)29)15-26-9-11-27(12-10-26)18-7-8-20-21(13-18)24-16-28(23(20)30)14-17-5-6-17/h2-4,7-8,13,16-17H,5-6,9-12,14-15H2,1H3. The van der Waals surface area contributed by atoms with E-state index in [9.17, 15) is 9.59 Å². The van der Waals surface area contributed by atoms with Crippen LogP contribution in [-0.4, -0.2) is 45.2 Å². The zero-order valence-electron chi connectivity index (χ0n) is 17.3. The van der Waals surface area contributed by atoms with Crippen LogP contribution in [0.5, 0.6) is 0 Å². The largest absolute Gasteiger partial charge is 0.369 e. The third-order valence-corrected chi connectivity index (χ3v) is 6.37. The van der Waals surface area contributed by atoms with Crippen LogP contribution in [0.3, 0.4) is 0 Å². The monoisotopic (exact) mass is 405 g/mol. The van der Waals surface area contributed by atoms with Gasteiger partial charge in [-0.05, 0) is 43.0 Å². The molecular weight excluding hydrogens is 378 g/mol. The van der Waals surface area contributed by atoms with Crippen LogP contribution in [0.15, 0.2) is 52.3 Å². The summed E-state index contributed by atoms with van der Waals surface area (Å²) in [7, 11) is 1.83. The van der Waals surface area contributed by atoms with Crippen molar-refractivity contribution in [3.63, 3.8) is 0 Å². The van der Waals surface area contributed by atoms with E-state index in [1.54, 1.807) is 21.5 Å². The first-order valence-electron chi connectivity index (χ1n) is 10.7. The van der Waals surface area contributed by atoms with Crippen molar-refractivity contribution < 1.29 is 0 Å². The fourth-order valence-electron chi connectivity index (χ4n) is 4.21. The predicted molar refractivity (Wildman–Crippen MR) is 118 cm³/mol. The lowest BCUT2D eigenvalue weighted by atomic mass is 10.2. The van der Waals surface area contributed by atoms with E-state index in [1.807, 2.05) is 37.4 Å². The van der Waals surface area contributed by atoms with Crippen LogP contribution in [0.2, 0.25) is 0 Å². The minimum atomic E-state index is 0.0333. The summed E-state index contributed by atoms with van der Waals surface area (Å²) in [4.78, 5) is 33.8. The number of rotatable bonds is 5. The lowest BCUT2D eigenvalue weighted by molar-refractivity contribution is 0.244. The van der Waals surface area contributed by atoms with Crippen LogP contribution in [0.4, 0.5) is 5.69 Å². The summed E-state index contributed by atoms with van der Waals surface area (Å²) in [6, 6.07) is 11.4. The fourth-order valence-corrected chi connectivity index (χ4v) is 4.21. The summed E-state index contributed by atoms with van der Waals surface area (Å²) in [6.45, 7) is 5.24. The Kier molecular flexibility index (Phi) is 4.90. The van der Waals surface area contributed by atoms with Gasteiger partial charge >= 0.3 is 0 Å². The van der Waals surface area contributed by atoms with E-state index >= 15 is 0 Å². The van der Waals surface area contributed by atoms with E-state index in [2.05, 4.69) is 14.8 Å². The average Bonchev–Trinajstić information content (AvgIpc) is 3.58. The van der Waals surface area contributed by atoms with Crippen molar-refractivity contribution in [1.82, 2.24) is 19.0 Å². The van der Waals surface area contributed by atoms with Crippen LogP contribution in [-0.2, 0) is 20.1 Å². The molecule has 7 nitrogen and oxygen atoms in total. The molecule has 1 aliphatic heterocycles. The molecule has 1 saturated heterocycles. The van der Waals surface area contributed by atoms with Gasteiger partial charge in [0.25, 0.3) is 5.56 Å². The second-order valence-corrected chi connectivity index (χ2v) is 8.52. The second-order valence-electron chi connectivity index (χ2n) is 8.52. The molecule has 0 amide bonds. The molecule has 5 rings (SSSR count). The highest BCUT2D eigenvalue weighted by atomic mass is 16.1. The lowest BCUT2D eigenvalue weighted by Crippen LogP contribution is -2.46. The summed E-state index contributed by atoms with van der Waals surface area (Å²) in [6.07, 6.45) is 4.14. The molecule has 2 aliphatic rings. The van der Waals surface area contributed by atoms with Crippen molar-refractivity contribution in [3.05, 3.63) is 69.1 Å². The molecule has 0 N–H and O–H groups in total. The van der Waals surface area contributed by atoms with Crippen LogP contribution < -0.4 is 16.0 Å². The summed E-state index contributed by atoms with van der Waals surface area (Å²) < 4.78 is 3.48. The van der Waals surface area contributed by atoms with Crippen LogP contribution in [0, 0.1) is 5.92 Å². The van der Waals surface area contributed by atoms with Gasteiger partial charge in [0, 0.05) is 63.8 Å². The summed E-state index contributed by atoms with van der Waals surface area (Å²) in [5.74, 6) is 0.649. The van der Waals surface area contributed by atoms with Gasteiger partial charge < -0.3 is 9.47 Å². The topological polar surface area (TPSA) is 63.4 Å². The van der Waals surface area contributed by atoms with Crippen molar-refractivity contribution in [2.75, 3.05) is 31.1 Å². The van der Waals surface area contributed by atoms with E-state index in [0.29, 0.717) is 11.3 Å². The highest BCUT2D eigenvalue weighted by Gasteiger charge is 2.23. The first-order valence-corrected chi connectivity index (χ1v) is 10.7. The molecule has 0 radical (unpaired) electrons. The molecule has 30 heavy (non-hydrogen) atoms. The number of nitrogens with zero attached hydrogens (tertiary/aromatic N) is 5. The Hall–Kier alpha value is -2.93. The normalized spacial score (nSPS) is 17.6. The summed E-state index contributed by atoms with van der Waals surface area (Å²) in [5, 5.41) is 0.700. The van der Waals surface area contributed by atoms with Crippen LogP contribution in [0.25, 0.3) is 10.9 Å². The van der Waals surface area contributed by atoms with Gasteiger partial charge in [0.1, 0.15) is 0 Å². The van der Waals surface area contributed by atoms with Crippen LogP contribution in [0.1, 0.15) is 18.5 Å². The molecule has 7 heteroatoms. The van der Waals surface area contributed by atoms with Gasteiger partial charge in [-0.25, -0.2) is 4.98 Å². The number of pyridine rings is 1. The lowest BCUT2D eigenvalue weighted by Gasteiger charge is -2.36. The molecule has 0 spiro atoms. The Balaban J connectivity index is 1.28. The Morgan fingerprint density at radius 1 is 1.03 bits per heavy atom. The second kappa shape index (κ2) is 7.72. The SMILES string of the molecule is Cn1c(CN2CCN(c3ccc4c(=O)n(CC5CC5)cnc4c3)CC2)cccc1=O. The zero-order valence-corrected chi connectivity index (χ0v) is 17.3. The van der Waals surface area contributed by atoms with Gasteiger partial charge in [-0.3, -0.25) is 19.1 Å². The zero-order chi connectivity index (χ0) is 20.7. The molecule has 0 atom stereocenters. The number of benzene rings is 1. The summed E-state index contributed by atoms with van der Waals surface area (Å²) >= 11 is 0. The van der Waals surface area contributed by atoms with E-state index in [0.717, 1.165) is 56.2 Å². The van der Waals surface area contributed by atoms with E-state index < -0.39 is 0 Å². The minimum absolute atomic E-state index is 0.0333. The fraction of sp³-hybridized carbons (Fsp3) is 0.435. The average molecular weight is 406 g/mol. The Bertz CT molecular complexity index is 1190. The number of piperazine rings is 1. The first kappa shape index (κ1) is 19.1. The van der Waals surface area contributed by atoms with Crippen molar-refractivity contribution >= 4 is 16.6 Å². The molecule has 1 aromatic carbocycles. The predicted octanol–water partition coefficient (Wildman–Crippen LogP) is 1.83. The molecule has 0 bridgehead atoms. The van der Waals surface area contributed by atoms with E-state index in [1.165, 1.54) is 12.8 Å². The third-order valence-electron chi connectivity index (χ3n) is 6.37. The van der Waals surface area contributed by atoms with Crippen molar-refractivity contribution in [2.45, 2.75) is 25.9 Å². The number of hydrogen-bond acceptors (Lipinski definition) is 5. The number of fused-ring (bicyclic) bond motifs is 1. The van der Waals surface area contributed by atoms with Gasteiger partial charge in [-0.15, -0.1) is 0 Å². The van der Waals surface area contributed by atoms with Gasteiger partial charge in [0.2, 0.25) is 5.56 Å². The van der Waals surface area contributed by atoms with Gasteiger partial charge in [0.05, 0.1) is 17.2 Å². The molecule has 3 aromatic rings. The van der Waals surface area contributed by atoms with Gasteiger partial charge in [-0.2, -0.15) is 0 Å². The Morgan fingerprint density at radius 2 is 1.83 bits per heavy atom. The quantitative estimate of drug-likeness (QED) is 0.648. The maximum absolute atomic E-state index is 12.7. The highest BCUT2D eigenvalue weighted by Crippen LogP contribution is 2.30. The minimum Gasteiger partial charge on any atom is -0.369 e. The van der Waals surface area contributed by atoms with Gasteiger partial charge in [-0.1, -0.05) is 6.07 Å². The molecule has 0 unspecified atom stereocenters. The maximum Gasteiger partial charge on any atom is 0.261 e. The third kappa shape index (κ3) is 3.77. The molecular formula is C23H27N5O2.